The third kappa shape index (κ3) is 3.31. The molecule has 0 amide bonds. The number of rotatable bonds is 5. The lowest BCUT2D eigenvalue weighted by Gasteiger charge is -2.26. The molecule has 0 radical (unpaired) electrons. The average molecular weight is 328 g/mol. The first-order chi connectivity index (χ1) is 11.6. The highest BCUT2D eigenvalue weighted by molar-refractivity contribution is 5.43. The van der Waals surface area contributed by atoms with Gasteiger partial charge in [0.15, 0.2) is 0 Å². The molecule has 1 atom stereocenters. The topological polar surface area (TPSA) is 43.7 Å². The molecule has 2 heterocycles. The minimum Gasteiger partial charge on any atom is -0.497 e. The van der Waals surface area contributed by atoms with E-state index in [0.717, 1.165) is 43.0 Å². The molecule has 3 rings (SSSR count). The maximum Gasteiger partial charge on any atom is 0.250 e. The van der Waals surface area contributed by atoms with Crippen molar-refractivity contribution in [2.24, 2.45) is 7.05 Å². The predicted octanol–water partition coefficient (Wildman–Crippen LogP) is 2.74. The van der Waals surface area contributed by atoms with Gasteiger partial charge in [0.2, 0.25) is 0 Å². The molecule has 0 saturated carbocycles. The van der Waals surface area contributed by atoms with Crippen LogP contribution in [0.3, 0.4) is 0 Å². The molecule has 1 aliphatic rings. The van der Waals surface area contributed by atoms with Gasteiger partial charge in [-0.2, -0.15) is 0 Å². The molecule has 0 N–H and O–H groups in total. The molecule has 0 unspecified atom stereocenters. The van der Waals surface area contributed by atoms with E-state index in [2.05, 4.69) is 11.0 Å². The van der Waals surface area contributed by atoms with Crippen molar-refractivity contribution in [3.8, 4) is 11.5 Å². The number of aryl methyl sites for hydroxylation is 1. The van der Waals surface area contributed by atoms with E-state index >= 15 is 0 Å². The molecule has 5 nitrogen and oxygen atoms in total. The fourth-order valence-electron chi connectivity index (χ4n) is 3.38. The van der Waals surface area contributed by atoms with Crippen molar-refractivity contribution in [3.63, 3.8) is 0 Å². The first-order valence-corrected chi connectivity index (χ1v) is 8.24. The van der Waals surface area contributed by atoms with Crippen LogP contribution in [0.5, 0.6) is 11.5 Å². The molecule has 1 saturated heterocycles. The molecular formula is C19H24N2O3. The van der Waals surface area contributed by atoms with Gasteiger partial charge in [0.25, 0.3) is 5.56 Å². The molecule has 0 aliphatic carbocycles. The van der Waals surface area contributed by atoms with Gasteiger partial charge >= 0.3 is 0 Å². The van der Waals surface area contributed by atoms with Gasteiger partial charge in [-0.1, -0.05) is 6.07 Å². The van der Waals surface area contributed by atoms with Crippen molar-refractivity contribution in [3.05, 3.63) is 58.0 Å². The maximum atomic E-state index is 11.8. The third-order valence-electron chi connectivity index (χ3n) is 4.72. The highest BCUT2D eigenvalue weighted by atomic mass is 16.5. The highest BCUT2D eigenvalue weighted by Crippen LogP contribution is 2.39. The average Bonchev–Trinajstić information content (AvgIpc) is 3.05. The summed E-state index contributed by atoms with van der Waals surface area (Å²) in [6.45, 7) is 1.80. The van der Waals surface area contributed by atoms with Crippen molar-refractivity contribution in [1.82, 2.24) is 9.47 Å². The van der Waals surface area contributed by atoms with Crippen LogP contribution in [-0.4, -0.2) is 30.2 Å². The Morgan fingerprint density at radius 2 is 2.00 bits per heavy atom. The molecular weight excluding hydrogens is 304 g/mol. The lowest BCUT2D eigenvalue weighted by molar-refractivity contribution is 0.242. The van der Waals surface area contributed by atoms with Gasteiger partial charge in [0, 0.05) is 43.5 Å². The largest absolute Gasteiger partial charge is 0.497 e. The van der Waals surface area contributed by atoms with Crippen LogP contribution in [0.25, 0.3) is 0 Å². The van der Waals surface area contributed by atoms with Crippen molar-refractivity contribution in [2.45, 2.75) is 25.4 Å². The molecule has 24 heavy (non-hydrogen) atoms. The van der Waals surface area contributed by atoms with Gasteiger partial charge in [0.1, 0.15) is 11.5 Å². The van der Waals surface area contributed by atoms with Crippen LogP contribution in [0, 0.1) is 0 Å². The van der Waals surface area contributed by atoms with Crippen LogP contribution in [-0.2, 0) is 13.6 Å². The van der Waals surface area contributed by atoms with Gasteiger partial charge in [-0.3, -0.25) is 9.69 Å². The summed E-state index contributed by atoms with van der Waals surface area (Å²) in [5, 5.41) is 0. The van der Waals surface area contributed by atoms with Crippen LogP contribution in [0.2, 0.25) is 0 Å². The summed E-state index contributed by atoms with van der Waals surface area (Å²) in [4.78, 5) is 14.3. The summed E-state index contributed by atoms with van der Waals surface area (Å²) >= 11 is 0. The van der Waals surface area contributed by atoms with E-state index in [0.29, 0.717) is 6.04 Å². The van der Waals surface area contributed by atoms with Gasteiger partial charge in [-0.25, -0.2) is 0 Å². The van der Waals surface area contributed by atoms with E-state index in [9.17, 15) is 4.79 Å². The van der Waals surface area contributed by atoms with E-state index < -0.39 is 0 Å². The number of likely N-dealkylation sites (tertiary alicyclic amines) is 1. The van der Waals surface area contributed by atoms with Crippen LogP contribution in [0.1, 0.15) is 30.0 Å². The second-order valence-electron chi connectivity index (χ2n) is 6.22. The zero-order valence-corrected chi connectivity index (χ0v) is 14.5. The minimum absolute atomic E-state index is 0.0327. The summed E-state index contributed by atoms with van der Waals surface area (Å²) in [5.41, 5.74) is 2.27. The van der Waals surface area contributed by atoms with Crippen molar-refractivity contribution >= 4 is 0 Å². The summed E-state index contributed by atoms with van der Waals surface area (Å²) in [5.74, 6) is 1.65. The lowest BCUT2D eigenvalue weighted by Crippen LogP contribution is -2.24. The van der Waals surface area contributed by atoms with Gasteiger partial charge < -0.3 is 14.0 Å². The molecule has 1 aliphatic heterocycles. The van der Waals surface area contributed by atoms with E-state index in [1.165, 1.54) is 5.56 Å². The molecule has 0 spiro atoms. The summed E-state index contributed by atoms with van der Waals surface area (Å²) in [6.07, 6.45) is 4.06. The van der Waals surface area contributed by atoms with Crippen molar-refractivity contribution in [1.29, 1.82) is 0 Å². The molecule has 128 valence electrons. The lowest BCUT2D eigenvalue weighted by atomic mass is 10.0. The highest BCUT2D eigenvalue weighted by Gasteiger charge is 2.28. The van der Waals surface area contributed by atoms with E-state index in [1.54, 1.807) is 31.9 Å². The minimum atomic E-state index is 0.0327. The zero-order chi connectivity index (χ0) is 17.1. The van der Waals surface area contributed by atoms with Crippen LogP contribution >= 0.6 is 0 Å². The van der Waals surface area contributed by atoms with Gasteiger partial charge in [-0.15, -0.1) is 0 Å². The van der Waals surface area contributed by atoms with E-state index in [4.69, 9.17) is 9.47 Å². The standard InChI is InChI=1S/C19H24N2O3/c1-20-10-8-14(11-19(20)22)13-21-9-4-5-17(21)16-7-6-15(23-2)12-18(16)24-3/h6-8,10-12,17H,4-5,9,13H2,1-3H3/t17-/m0/s1. The Labute approximate surface area is 142 Å². The molecule has 1 aromatic heterocycles. The Bertz CT molecular complexity index is 769. The Kier molecular flexibility index (Phi) is 4.90. The Hall–Kier alpha value is -2.27. The Morgan fingerprint density at radius 1 is 1.17 bits per heavy atom. The Balaban J connectivity index is 1.85. The van der Waals surface area contributed by atoms with E-state index in [-0.39, 0.29) is 5.56 Å². The van der Waals surface area contributed by atoms with Crippen molar-refractivity contribution < 1.29 is 9.47 Å². The normalized spacial score (nSPS) is 17.9. The fourth-order valence-corrected chi connectivity index (χ4v) is 3.38. The number of pyridine rings is 1. The molecule has 1 aromatic carbocycles. The SMILES string of the molecule is COc1ccc([C@@H]2CCCN2Cc2ccn(C)c(=O)c2)c(OC)c1. The molecule has 0 bridgehead atoms. The van der Waals surface area contributed by atoms with Gasteiger partial charge in [-0.05, 0) is 37.1 Å². The maximum absolute atomic E-state index is 11.8. The first-order valence-electron chi connectivity index (χ1n) is 8.24. The summed E-state index contributed by atoms with van der Waals surface area (Å²) in [6, 6.07) is 10.0. The smallest absolute Gasteiger partial charge is 0.250 e. The summed E-state index contributed by atoms with van der Waals surface area (Å²) < 4.78 is 12.5. The molecule has 1 fully saturated rings. The van der Waals surface area contributed by atoms with E-state index in [1.807, 2.05) is 24.4 Å². The second-order valence-corrected chi connectivity index (χ2v) is 6.22. The number of methoxy groups -OCH3 is 2. The first kappa shape index (κ1) is 16.6. The number of hydrogen-bond donors (Lipinski definition) is 0. The number of hydrogen-bond acceptors (Lipinski definition) is 4. The third-order valence-corrected chi connectivity index (χ3v) is 4.72. The number of nitrogens with zero attached hydrogens (tertiary/aromatic N) is 2. The predicted molar refractivity (Wildman–Crippen MR) is 93.6 cm³/mol. The molecule has 2 aromatic rings. The zero-order valence-electron chi connectivity index (χ0n) is 14.5. The van der Waals surface area contributed by atoms with Crippen LogP contribution in [0.15, 0.2) is 41.3 Å². The van der Waals surface area contributed by atoms with Crippen LogP contribution < -0.4 is 15.0 Å². The monoisotopic (exact) mass is 328 g/mol. The van der Waals surface area contributed by atoms with Crippen LogP contribution in [0.4, 0.5) is 0 Å². The number of aromatic nitrogens is 1. The quantitative estimate of drug-likeness (QED) is 0.846. The fraction of sp³-hybridized carbons (Fsp3) is 0.421. The molecule has 5 heteroatoms. The van der Waals surface area contributed by atoms with Gasteiger partial charge in [0.05, 0.1) is 14.2 Å². The Morgan fingerprint density at radius 3 is 2.71 bits per heavy atom. The van der Waals surface area contributed by atoms with Crippen molar-refractivity contribution in [2.75, 3.05) is 20.8 Å². The second kappa shape index (κ2) is 7.09. The summed E-state index contributed by atoms with van der Waals surface area (Å²) in [7, 11) is 5.12. The number of ether oxygens (including phenoxy) is 2. The number of benzene rings is 1.